The molecule has 0 saturated carbocycles. The van der Waals surface area contributed by atoms with Crippen molar-refractivity contribution < 1.29 is 19.0 Å². The van der Waals surface area contributed by atoms with Crippen molar-refractivity contribution in [3.63, 3.8) is 0 Å². The van der Waals surface area contributed by atoms with Gasteiger partial charge in [-0.1, -0.05) is 29.3 Å². The Labute approximate surface area is 135 Å². The molecule has 0 unspecified atom stereocenters. The van der Waals surface area contributed by atoms with Crippen molar-refractivity contribution >= 4 is 29.2 Å². The van der Waals surface area contributed by atoms with E-state index in [0.717, 1.165) is 5.56 Å². The Morgan fingerprint density at radius 2 is 1.91 bits per heavy atom. The molecule has 22 heavy (non-hydrogen) atoms. The Hall–Kier alpha value is -2.05. The van der Waals surface area contributed by atoms with Gasteiger partial charge in [-0.2, -0.15) is 0 Å². The van der Waals surface area contributed by atoms with Gasteiger partial charge in [0.15, 0.2) is 11.5 Å². The number of hydrogen-bond donors (Lipinski definition) is 0. The normalized spacial score (nSPS) is 12.3. The van der Waals surface area contributed by atoms with Gasteiger partial charge in [0.2, 0.25) is 6.79 Å². The Morgan fingerprint density at radius 3 is 2.59 bits per heavy atom. The van der Waals surface area contributed by atoms with Crippen LogP contribution in [0.2, 0.25) is 10.3 Å². The first-order valence-electron chi connectivity index (χ1n) is 6.27. The maximum absolute atomic E-state index is 11.6. The summed E-state index contributed by atoms with van der Waals surface area (Å²) in [5, 5.41) is -0.0785. The van der Waals surface area contributed by atoms with E-state index in [-0.39, 0.29) is 22.7 Å². The average Bonchev–Trinajstić information content (AvgIpc) is 2.93. The van der Waals surface area contributed by atoms with Gasteiger partial charge in [-0.3, -0.25) is 0 Å². The van der Waals surface area contributed by atoms with E-state index in [1.807, 2.05) is 18.2 Å². The van der Waals surface area contributed by atoms with E-state index < -0.39 is 5.97 Å². The highest BCUT2D eigenvalue weighted by Gasteiger charge is 2.20. The van der Waals surface area contributed by atoms with E-state index in [4.69, 9.17) is 32.7 Å². The van der Waals surface area contributed by atoms with Crippen LogP contribution in [0.5, 0.6) is 11.5 Å². The predicted molar refractivity (Wildman–Crippen MR) is 78.8 cm³/mol. The van der Waals surface area contributed by atoms with Crippen LogP contribution < -0.4 is 9.47 Å². The van der Waals surface area contributed by atoms with Gasteiger partial charge < -0.3 is 14.2 Å². The molecule has 0 amide bonds. The van der Waals surface area contributed by atoms with Crippen molar-refractivity contribution in [1.29, 1.82) is 0 Å². The molecule has 6 nitrogen and oxygen atoms in total. The highest BCUT2D eigenvalue weighted by Crippen LogP contribution is 2.33. The molecule has 1 aromatic heterocycles. The smallest absolute Gasteiger partial charge is 0.344 e. The third kappa shape index (κ3) is 2.80. The second kappa shape index (κ2) is 5.98. The lowest BCUT2D eigenvalue weighted by molar-refractivity contribution is 0.0600. The van der Waals surface area contributed by atoms with E-state index in [1.54, 1.807) is 0 Å². The largest absolute Gasteiger partial charge is 0.465 e. The number of halogens is 2. The van der Waals surface area contributed by atoms with Gasteiger partial charge >= 0.3 is 5.97 Å². The van der Waals surface area contributed by atoms with Crippen LogP contribution in [0.15, 0.2) is 18.2 Å². The van der Waals surface area contributed by atoms with Crippen molar-refractivity contribution in [1.82, 2.24) is 9.97 Å². The van der Waals surface area contributed by atoms with Crippen LogP contribution in [0, 0.1) is 0 Å². The number of esters is 1. The Bertz CT molecular complexity index is 729. The van der Waals surface area contributed by atoms with Crippen LogP contribution in [0.4, 0.5) is 0 Å². The lowest BCUT2D eigenvalue weighted by Gasteiger charge is -2.07. The highest BCUT2D eigenvalue weighted by molar-refractivity contribution is 6.37. The number of methoxy groups -OCH3 is 1. The number of benzene rings is 1. The first kappa shape index (κ1) is 14.9. The van der Waals surface area contributed by atoms with Gasteiger partial charge in [-0.05, 0) is 17.7 Å². The third-order valence-corrected chi connectivity index (χ3v) is 3.60. The molecule has 114 valence electrons. The maximum Gasteiger partial charge on any atom is 0.344 e. The predicted octanol–water partition coefficient (Wildman–Crippen LogP) is 2.89. The van der Waals surface area contributed by atoms with Crippen molar-refractivity contribution in [3.05, 3.63) is 45.5 Å². The zero-order chi connectivity index (χ0) is 15.7. The molecule has 2 heterocycles. The van der Waals surface area contributed by atoms with Crippen molar-refractivity contribution in [3.8, 4) is 11.5 Å². The molecule has 0 radical (unpaired) electrons. The molecular formula is C14H10Cl2N2O4. The maximum atomic E-state index is 11.6. The number of aromatic nitrogens is 2. The summed E-state index contributed by atoms with van der Waals surface area (Å²) in [6.07, 6.45) is 0.386. The molecule has 0 fully saturated rings. The molecule has 1 aliphatic heterocycles. The quantitative estimate of drug-likeness (QED) is 0.632. The number of carbonyl (C=O) groups excluding carboxylic acids is 1. The molecule has 0 saturated heterocycles. The summed E-state index contributed by atoms with van der Waals surface area (Å²) in [5.41, 5.74) is 0.863. The van der Waals surface area contributed by atoms with E-state index in [2.05, 4.69) is 14.7 Å². The topological polar surface area (TPSA) is 70.5 Å². The zero-order valence-electron chi connectivity index (χ0n) is 11.4. The molecule has 1 aliphatic rings. The van der Waals surface area contributed by atoms with Gasteiger partial charge in [0, 0.05) is 6.42 Å². The van der Waals surface area contributed by atoms with E-state index in [9.17, 15) is 4.79 Å². The summed E-state index contributed by atoms with van der Waals surface area (Å²) in [6, 6.07) is 5.51. The molecule has 0 atom stereocenters. The number of ether oxygens (including phenoxy) is 3. The summed E-state index contributed by atoms with van der Waals surface area (Å²) < 4.78 is 15.2. The third-order valence-electron chi connectivity index (χ3n) is 3.06. The van der Waals surface area contributed by atoms with Crippen molar-refractivity contribution in [2.45, 2.75) is 6.42 Å². The second-order valence-corrected chi connectivity index (χ2v) is 5.17. The van der Waals surface area contributed by atoms with Crippen molar-refractivity contribution in [2.24, 2.45) is 0 Å². The van der Waals surface area contributed by atoms with E-state index in [1.165, 1.54) is 7.11 Å². The highest BCUT2D eigenvalue weighted by atomic mass is 35.5. The summed E-state index contributed by atoms with van der Waals surface area (Å²) in [5.74, 6) is 1.08. The molecule has 0 aliphatic carbocycles. The second-order valence-electron chi connectivity index (χ2n) is 4.45. The number of rotatable bonds is 3. The summed E-state index contributed by atoms with van der Waals surface area (Å²) in [4.78, 5) is 19.7. The monoisotopic (exact) mass is 340 g/mol. The average molecular weight is 341 g/mol. The van der Waals surface area contributed by atoms with Gasteiger partial charge in [0.05, 0.1) is 7.11 Å². The van der Waals surface area contributed by atoms with Crippen LogP contribution in [0.3, 0.4) is 0 Å². The van der Waals surface area contributed by atoms with Gasteiger partial charge in [0.1, 0.15) is 21.7 Å². The van der Waals surface area contributed by atoms with E-state index in [0.29, 0.717) is 23.7 Å². The Morgan fingerprint density at radius 1 is 1.23 bits per heavy atom. The minimum absolute atomic E-state index is 0.0393. The van der Waals surface area contributed by atoms with Gasteiger partial charge in [-0.15, -0.1) is 0 Å². The summed E-state index contributed by atoms with van der Waals surface area (Å²) in [7, 11) is 1.23. The van der Waals surface area contributed by atoms with Crippen LogP contribution in [0.25, 0.3) is 0 Å². The van der Waals surface area contributed by atoms with Crippen molar-refractivity contribution in [2.75, 3.05) is 13.9 Å². The zero-order valence-corrected chi connectivity index (χ0v) is 12.9. The van der Waals surface area contributed by atoms with Gasteiger partial charge in [-0.25, -0.2) is 14.8 Å². The fraction of sp³-hybridized carbons (Fsp3) is 0.214. The first-order chi connectivity index (χ1) is 10.6. The Balaban J connectivity index is 1.88. The SMILES string of the molecule is COC(=O)c1c(Cl)nc(Cc2ccc3c(c2)OCO3)nc1Cl. The van der Waals surface area contributed by atoms with Crippen LogP contribution in [-0.2, 0) is 11.2 Å². The lowest BCUT2D eigenvalue weighted by Crippen LogP contribution is -2.08. The first-order valence-corrected chi connectivity index (χ1v) is 7.03. The molecule has 2 aromatic rings. The Kier molecular flexibility index (Phi) is 4.04. The van der Waals surface area contributed by atoms with Crippen LogP contribution in [-0.4, -0.2) is 29.8 Å². The lowest BCUT2D eigenvalue weighted by atomic mass is 10.1. The molecular weight excluding hydrogens is 331 g/mol. The van der Waals surface area contributed by atoms with E-state index >= 15 is 0 Å². The summed E-state index contributed by atoms with van der Waals surface area (Å²) >= 11 is 12.0. The van der Waals surface area contributed by atoms with Gasteiger partial charge in [0.25, 0.3) is 0 Å². The fourth-order valence-corrected chi connectivity index (χ4v) is 2.61. The van der Waals surface area contributed by atoms with Crippen LogP contribution >= 0.6 is 23.2 Å². The minimum atomic E-state index is -0.676. The summed E-state index contributed by atoms with van der Waals surface area (Å²) in [6.45, 7) is 0.209. The van der Waals surface area contributed by atoms with Crippen LogP contribution in [0.1, 0.15) is 21.7 Å². The molecule has 0 bridgehead atoms. The standard InChI is InChI=1S/C14H10Cl2N2O4/c1-20-14(19)11-12(15)17-10(18-13(11)16)5-7-2-3-8-9(4-7)22-6-21-8/h2-4H,5-6H2,1H3. The minimum Gasteiger partial charge on any atom is -0.465 e. The fourth-order valence-electron chi connectivity index (χ4n) is 2.03. The number of carbonyl (C=O) groups is 1. The molecule has 3 rings (SSSR count). The molecule has 0 spiro atoms. The number of nitrogens with zero attached hydrogens (tertiary/aromatic N) is 2. The molecule has 8 heteroatoms. The molecule has 0 N–H and O–H groups in total. The molecule has 1 aromatic carbocycles. The number of fused-ring (bicyclic) bond motifs is 1. The number of hydrogen-bond acceptors (Lipinski definition) is 6.